The van der Waals surface area contributed by atoms with Crippen molar-refractivity contribution in [3.05, 3.63) is 34.9 Å². The van der Waals surface area contributed by atoms with Crippen molar-refractivity contribution < 1.29 is 9.59 Å². The van der Waals surface area contributed by atoms with Gasteiger partial charge in [0.05, 0.1) is 0 Å². The molecule has 2 atom stereocenters. The zero-order valence-electron chi connectivity index (χ0n) is 14.9. The molecule has 22 heavy (non-hydrogen) atoms. The molecule has 0 radical (unpaired) electrons. The van der Waals surface area contributed by atoms with Crippen LogP contribution in [0.5, 0.6) is 0 Å². The first-order chi connectivity index (χ1) is 10.4. The fourth-order valence-corrected chi connectivity index (χ4v) is 2.36. The minimum Gasteiger partial charge on any atom is -0.303 e. The molecule has 0 saturated carbocycles. The molecule has 124 valence electrons. The van der Waals surface area contributed by atoms with E-state index in [1.807, 2.05) is 13.8 Å². The Morgan fingerprint density at radius 3 is 2.45 bits per heavy atom. The number of hydrogen-bond acceptors (Lipinski definition) is 2. The van der Waals surface area contributed by atoms with Gasteiger partial charge in [-0.1, -0.05) is 35.8 Å². The van der Waals surface area contributed by atoms with Crippen molar-refractivity contribution in [2.24, 2.45) is 11.8 Å². The molecule has 2 unspecified atom stereocenters. The summed E-state index contributed by atoms with van der Waals surface area (Å²) in [6.07, 6.45) is 13.5. The fourth-order valence-electron chi connectivity index (χ4n) is 2.36. The third-order valence-electron chi connectivity index (χ3n) is 4.08. The average Bonchev–Trinajstić information content (AvgIpc) is 2.48. The molecule has 1 rings (SSSR count). The SMILES string of the molecule is CC(C)=CCC/C(C)=C\C=O.CC1=CCC(C(C)C=O)CC1. The number of rotatable bonds is 6. The monoisotopic (exact) mass is 304 g/mol. The van der Waals surface area contributed by atoms with Gasteiger partial charge >= 0.3 is 0 Å². The van der Waals surface area contributed by atoms with E-state index < -0.39 is 0 Å². The Balaban J connectivity index is 0.000000401. The highest BCUT2D eigenvalue weighted by molar-refractivity contribution is 5.65. The summed E-state index contributed by atoms with van der Waals surface area (Å²) in [5.74, 6) is 0.857. The molecule has 0 aromatic carbocycles. The lowest BCUT2D eigenvalue weighted by molar-refractivity contribution is -0.112. The predicted molar refractivity (Wildman–Crippen MR) is 94.8 cm³/mol. The molecule has 0 spiro atoms. The Morgan fingerprint density at radius 2 is 2.00 bits per heavy atom. The zero-order chi connectivity index (χ0) is 17.0. The van der Waals surface area contributed by atoms with Gasteiger partial charge in [0, 0.05) is 5.92 Å². The molecule has 0 aromatic heterocycles. The van der Waals surface area contributed by atoms with E-state index >= 15 is 0 Å². The molecule has 1 aliphatic rings. The lowest BCUT2D eigenvalue weighted by Gasteiger charge is -2.22. The molecule has 0 aliphatic heterocycles. The van der Waals surface area contributed by atoms with E-state index in [0.717, 1.165) is 37.4 Å². The van der Waals surface area contributed by atoms with Crippen LogP contribution in [0, 0.1) is 11.8 Å². The summed E-state index contributed by atoms with van der Waals surface area (Å²) in [6, 6.07) is 0. The molecular weight excluding hydrogens is 272 g/mol. The van der Waals surface area contributed by atoms with Crippen LogP contribution in [0.2, 0.25) is 0 Å². The molecule has 0 aromatic rings. The first-order valence-corrected chi connectivity index (χ1v) is 8.25. The molecule has 0 fully saturated rings. The standard InChI is InChI=1S/2C10H16O/c1-8-3-5-10(6-4-8)9(2)7-11;1-9(2)5-4-6-10(3)7-8-11/h3,7,9-10H,4-6H2,1-2H3;5,7-8H,4,6H2,1-3H3/b;10-7-. The first kappa shape index (κ1) is 20.6. The van der Waals surface area contributed by atoms with Gasteiger partial charge in [-0.2, -0.15) is 0 Å². The molecule has 2 nitrogen and oxygen atoms in total. The second-order valence-corrected chi connectivity index (χ2v) is 6.55. The smallest absolute Gasteiger partial charge is 0.142 e. The van der Waals surface area contributed by atoms with Crippen LogP contribution in [-0.2, 0) is 9.59 Å². The summed E-state index contributed by atoms with van der Waals surface area (Å²) >= 11 is 0. The first-order valence-electron chi connectivity index (χ1n) is 8.25. The van der Waals surface area contributed by atoms with Crippen molar-refractivity contribution >= 4 is 12.6 Å². The number of allylic oxidation sites excluding steroid dienone is 6. The molecule has 0 saturated heterocycles. The van der Waals surface area contributed by atoms with Gasteiger partial charge in [-0.15, -0.1) is 0 Å². The maximum absolute atomic E-state index is 10.5. The number of carbonyl (C=O) groups excluding carboxylic acids is 2. The van der Waals surface area contributed by atoms with Crippen molar-refractivity contribution in [1.29, 1.82) is 0 Å². The van der Waals surface area contributed by atoms with E-state index in [9.17, 15) is 9.59 Å². The van der Waals surface area contributed by atoms with E-state index in [4.69, 9.17) is 0 Å². The van der Waals surface area contributed by atoms with Gasteiger partial charge in [-0.05, 0) is 71.8 Å². The summed E-state index contributed by atoms with van der Waals surface area (Å²) in [6.45, 7) is 10.3. The summed E-state index contributed by atoms with van der Waals surface area (Å²) in [7, 11) is 0. The largest absolute Gasteiger partial charge is 0.303 e. The maximum Gasteiger partial charge on any atom is 0.142 e. The Hall–Kier alpha value is -1.44. The summed E-state index contributed by atoms with van der Waals surface area (Å²) < 4.78 is 0. The maximum atomic E-state index is 10.5. The van der Waals surface area contributed by atoms with E-state index in [0.29, 0.717) is 5.92 Å². The Morgan fingerprint density at radius 1 is 1.32 bits per heavy atom. The molecule has 2 heteroatoms. The average molecular weight is 304 g/mol. The van der Waals surface area contributed by atoms with E-state index in [2.05, 4.69) is 32.9 Å². The Bertz CT molecular complexity index is 423. The third kappa shape index (κ3) is 10.3. The Labute approximate surface area is 136 Å². The van der Waals surface area contributed by atoms with Gasteiger partial charge < -0.3 is 4.79 Å². The van der Waals surface area contributed by atoms with Crippen LogP contribution < -0.4 is 0 Å². The van der Waals surface area contributed by atoms with E-state index in [-0.39, 0.29) is 5.92 Å². The van der Waals surface area contributed by atoms with Crippen molar-refractivity contribution in [2.75, 3.05) is 0 Å². The third-order valence-corrected chi connectivity index (χ3v) is 4.08. The highest BCUT2D eigenvalue weighted by atomic mass is 16.1. The second kappa shape index (κ2) is 12.1. The Kier molecular flexibility index (Phi) is 11.3. The van der Waals surface area contributed by atoms with Crippen LogP contribution in [0.4, 0.5) is 0 Å². The van der Waals surface area contributed by atoms with Gasteiger partial charge in [0.15, 0.2) is 0 Å². The van der Waals surface area contributed by atoms with Gasteiger partial charge in [0.1, 0.15) is 12.6 Å². The van der Waals surface area contributed by atoms with Crippen LogP contribution in [0.3, 0.4) is 0 Å². The number of carbonyl (C=O) groups is 2. The minimum absolute atomic E-state index is 0.249. The normalized spacial score (nSPS) is 19.2. The molecule has 0 N–H and O–H groups in total. The quantitative estimate of drug-likeness (QED) is 0.371. The zero-order valence-corrected chi connectivity index (χ0v) is 14.9. The van der Waals surface area contributed by atoms with Crippen molar-refractivity contribution in [3.8, 4) is 0 Å². The number of aldehydes is 2. The van der Waals surface area contributed by atoms with Crippen LogP contribution >= 0.6 is 0 Å². The summed E-state index contributed by atoms with van der Waals surface area (Å²) in [5.41, 5.74) is 3.97. The number of hydrogen-bond donors (Lipinski definition) is 0. The van der Waals surface area contributed by atoms with Crippen LogP contribution in [-0.4, -0.2) is 12.6 Å². The van der Waals surface area contributed by atoms with Gasteiger partial charge in [0.25, 0.3) is 0 Å². The van der Waals surface area contributed by atoms with Crippen molar-refractivity contribution in [1.82, 2.24) is 0 Å². The van der Waals surface area contributed by atoms with Crippen LogP contribution in [0.15, 0.2) is 34.9 Å². The highest BCUT2D eigenvalue weighted by Crippen LogP contribution is 2.27. The predicted octanol–water partition coefficient (Wildman–Crippen LogP) is 5.45. The minimum atomic E-state index is 0.249. The molecule has 0 amide bonds. The molecular formula is C20H32O2. The second-order valence-electron chi connectivity index (χ2n) is 6.55. The highest BCUT2D eigenvalue weighted by Gasteiger charge is 2.18. The van der Waals surface area contributed by atoms with Gasteiger partial charge in [-0.3, -0.25) is 4.79 Å². The summed E-state index contributed by atoms with van der Waals surface area (Å²) in [5, 5.41) is 0. The van der Waals surface area contributed by atoms with Crippen LogP contribution in [0.1, 0.15) is 66.7 Å². The van der Waals surface area contributed by atoms with E-state index in [1.54, 1.807) is 6.08 Å². The van der Waals surface area contributed by atoms with E-state index in [1.165, 1.54) is 24.0 Å². The fraction of sp³-hybridized carbons (Fsp3) is 0.600. The topological polar surface area (TPSA) is 34.1 Å². The van der Waals surface area contributed by atoms with Crippen molar-refractivity contribution in [2.45, 2.75) is 66.7 Å². The molecule has 0 bridgehead atoms. The molecule has 0 heterocycles. The van der Waals surface area contributed by atoms with Crippen LogP contribution in [0.25, 0.3) is 0 Å². The lowest BCUT2D eigenvalue weighted by Crippen LogP contribution is -2.15. The van der Waals surface area contributed by atoms with Crippen molar-refractivity contribution in [3.63, 3.8) is 0 Å². The van der Waals surface area contributed by atoms with Gasteiger partial charge in [0.2, 0.25) is 0 Å². The summed E-state index contributed by atoms with van der Waals surface area (Å²) in [4.78, 5) is 20.5. The molecule has 1 aliphatic carbocycles. The lowest BCUT2D eigenvalue weighted by atomic mass is 9.82. The van der Waals surface area contributed by atoms with Gasteiger partial charge in [-0.25, -0.2) is 0 Å².